The van der Waals surface area contributed by atoms with Gasteiger partial charge in [-0.25, -0.2) is 8.42 Å². The summed E-state index contributed by atoms with van der Waals surface area (Å²) < 4.78 is 33.5. The Morgan fingerprint density at radius 2 is 1.58 bits per heavy atom. The van der Waals surface area contributed by atoms with Crippen molar-refractivity contribution < 1.29 is 22.7 Å². The SMILES string of the molecule is CC(=O)c1ccc(S(=O)(=O)N2CCC(C(=O)N3CC(C)OC(c4ccccc4)C3)CC2)cc1. The number of hydrogen-bond acceptors (Lipinski definition) is 5. The molecule has 2 heterocycles. The van der Waals surface area contributed by atoms with Crippen molar-refractivity contribution in [1.82, 2.24) is 9.21 Å². The fourth-order valence-electron chi connectivity index (χ4n) is 4.60. The number of ether oxygens (including phenoxy) is 1. The maximum absolute atomic E-state index is 13.3. The first-order chi connectivity index (χ1) is 15.8. The molecular weight excluding hydrogens is 440 g/mol. The minimum atomic E-state index is -3.65. The van der Waals surface area contributed by atoms with Gasteiger partial charge in [0.2, 0.25) is 15.9 Å². The number of sulfonamides is 1. The van der Waals surface area contributed by atoms with Crippen molar-refractivity contribution in [3.8, 4) is 0 Å². The van der Waals surface area contributed by atoms with Crippen LogP contribution >= 0.6 is 0 Å². The van der Waals surface area contributed by atoms with E-state index in [1.807, 2.05) is 42.2 Å². The lowest BCUT2D eigenvalue weighted by Crippen LogP contribution is -2.50. The van der Waals surface area contributed by atoms with Gasteiger partial charge in [-0.05, 0) is 44.4 Å². The van der Waals surface area contributed by atoms with E-state index in [0.717, 1.165) is 5.56 Å². The summed E-state index contributed by atoms with van der Waals surface area (Å²) in [7, 11) is -3.65. The van der Waals surface area contributed by atoms with Gasteiger partial charge >= 0.3 is 0 Å². The molecule has 2 saturated heterocycles. The predicted octanol–water partition coefficient (Wildman–Crippen LogP) is 3.28. The number of carbonyl (C=O) groups excluding carboxylic acids is 2. The fraction of sp³-hybridized carbons (Fsp3) is 0.440. The van der Waals surface area contributed by atoms with Gasteiger partial charge < -0.3 is 9.64 Å². The quantitative estimate of drug-likeness (QED) is 0.626. The van der Waals surface area contributed by atoms with Crippen LogP contribution < -0.4 is 0 Å². The predicted molar refractivity (Wildman–Crippen MR) is 124 cm³/mol. The first-order valence-electron chi connectivity index (χ1n) is 11.4. The highest BCUT2D eigenvalue weighted by Crippen LogP contribution is 2.29. The minimum absolute atomic E-state index is 0.0636. The van der Waals surface area contributed by atoms with Gasteiger partial charge in [-0.3, -0.25) is 9.59 Å². The Hall–Kier alpha value is -2.55. The van der Waals surface area contributed by atoms with Crippen molar-refractivity contribution in [2.45, 2.75) is 43.8 Å². The molecular formula is C25H30N2O5S. The van der Waals surface area contributed by atoms with Crippen LogP contribution in [0.2, 0.25) is 0 Å². The monoisotopic (exact) mass is 470 g/mol. The third-order valence-electron chi connectivity index (χ3n) is 6.45. The summed E-state index contributed by atoms with van der Waals surface area (Å²) in [5.41, 5.74) is 1.53. The standard InChI is InChI=1S/C25H30N2O5S/c1-18-16-26(17-24(32-18)21-6-4-3-5-7-21)25(29)22-12-14-27(15-13-22)33(30,31)23-10-8-20(9-11-23)19(2)28/h3-11,18,22,24H,12-17H2,1-2H3. The van der Waals surface area contributed by atoms with Crippen molar-refractivity contribution >= 4 is 21.7 Å². The van der Waals surface area contributed by atoms with Gasteiger partial charge in [-0.1, -0.05) is 42.5 Å². The van der Waals surface area contributed by atoms with Crippen molar-refractivity contribution in [3.63, 3.8) is 0 Å². The fourth-order valence-corrected chi connectivity index (χ4v) is 6.06. The molecule has 2 aromatic carbocycles. The zero-order valence-corrected chi connectivity index (χ0v) is 19.8. The van der Waals surface area contributed by atoms with Crippen LogP contribution in [0.25, 0.3) is 0 Å². The van der Waals surface area contributed by atoms with Crippen molar-refractivity contribution in [1.29, 1.82) is 0 Å². The molecule has 0 aliphatic carbocycles. The second kappa shape index (κ2) is 9.75. The lowest BCUT2D eigenvalue weighted by molar-refractivity contribution is -0.150. The van der Waals surface area contributed by atoms with Crippen LogP contribution in [0.5, 0.6) is 0 Å². The van der Waals surface area contributed by atoms with E-state index in [9.17, 15) is 18.0 Å². The van der Waals surface area contributed by atoms with Gasteiger partial charge in [0.25, 0.3) is 0 Å². The molecule has 2 aliphatic rings. The molecule has 0 saturated carbocycles. The molecule has 176 valence electrons. The molecule has 0 bridgehead atoms. The Kier molecular flexibility index (Phi) is 6.97. The molecule has 2 aromatic rings. The summed E-state index contributed by atoms with van der Waals surface area (Å²) >= 11 is 0. The maximum atomic E-state index is 13.3. The first kappa shape index (κ1) is 23.6. The number of Topliss-reactive ketones (excluding diaryl/α,β-unsaturated/α-hetero) is 1. The second-order valence-electron chi connectivity index (χ2n) is 8.85. The van der Waals surface area contributed by atoms with E-state index < -0.39 is 10.0 Å². The molecule has 4 rings (SSSR count). The average Bonchev–Trinajstić information content (AvgIpc) is 2.84. The van der Waals surface area contributed by atoms with E-state index in [1.165, 1.54) is 35.5 Å². The highest BCUT2D eigenvalue weighted by molar-refractivity contribution is 7.89. The lowest BCUT2D eigenvalue weighted by Gasteiger charge is -2.40. The number of benzene rings is 2. The van der Waals surface area contributed by atoms with Crippen molar-refractivity contribution in [2.24, 2.45) is 5.92 Å². The first-order valence-corrected chi connectivity index (χ1v) is 12.8. The van der Waals surface area contributed by atoms with Crippen LogP contribution in [-0.4, -0.2) is 61.6 Å². The number of nitrogens with zero attached hydrogens (tertiary/aromatic N) is 2. The van der Waals surface area contributed by atoms with Gasteiger partial charge in [0.1, 0.15) is 6.10 Å². The smallest absolute Gasteiger partial charge is 0.243 e. The van der Waals surface area contributed by atoms with Gasteiger partial charge in [0, 0.05) is 31.1 Å². The molecule has 2 unspecified atom stereocenters. The Morgan fingerprint density at radius 1 is 0.939 bits per heavy atom. The summed E-state index contributed by atoms with van der Waals surface area (Å²) in [4.78, 5) is 26.8. The summed E-state index contributed by atoms with van der Waals surface area (Å²) in [6.45, 7) is 5.08. The van der Waals surface area contributed by atoms with Crippen LogP contribution in [0.4, 0.5) is 0 Å². The van der Waals surface area contributed by atoms with Crippen LogP contribution in [-0.2, 0) is 19.6 Å². The summed E-state index contributed by atoms with van der Waals surface area (Å²) in [6.07, 6.45) is 0.764. The third kappa shape index (κ3) is 5.18. The zero-order chi connectivity index (χ0) is 23.6. The van der Waals surface area contributed by atoms with Crippen LogP contribution in [0, 0.1) is 5.92 Å². The minimum Gasteiger partial charge on any atom is -0.367 e. The number of carbonyl (C=O) groups is 2. The average molecular weight is 471 g/mol. The zero-order valence-electron chi connectivity index (χ0n) is 19.0. The molecule has 8 heteroatoms. The van der Waals surface area contributed by atoms with Crippen LogP contribution in [0.1, 0.15) is 48.7 Å². The third-order valence-corrected chi connectivity index (χ3v) is 8.36. The summed E-state index contributed by atoms with van der Waals surface area (Å²) in [5.74, 6) is -0.225. The molecule has 2 fully saturated rings. The molecule has 1 amide bonds. The summed E-state index contributed by atoms with van der Waals surface area (Å²) in [6, 6.07) is 15.9. The highest BCUT2D eigenvalue weighted by Gasteiger charge is 2.36. The number of amides is 1. The Morgan fingerprint density at radius 3 is 2.18 bits per heavy atom. The van der Waals surface area contributed by atoms with Gasteiger partial charge in [-0.15, -0.1) is 0 Å². The van der Waals surface area contributed by atoms with Crippen LogP contribution in [0.3, 0.4) is 0 Å². The number of hydrogen-bond donors (Lipinski definition) is 0. The Labute approximate surface area is 195 Å². The number of piperidine rings is 1. The van der Waals surface area contributed by atoms with E-state index in [0.29, 0.717) is 44.6 Å². The number of morpholine rings is 1. The lowest BCUT2D eigenvalue weighted by atomic mass is 9.95. The highest BCUT2D eigenvalue weighted by atomic mass is 32.2. The molecule has 0 N–H and O–H groups in total. The molecule has 33 heavy (non-hydrogen) atoms. The van der Waals surface area contributed by atoms with E-state index >= 15 is 0 Å². The molecule has 2 atom stereocenters. The normalized spacial score (nSPS) is 22.8. The van der Waals surface area contributed by atoms with Gasteiger partial charge in [-0.2, -0.15) is 4.31 Å². The second-order valence-corrected chi connectivity index (χ2v) is 10.8. The topological polar surface area (TPSA) is 84.0 Å². The van der Waals surface area contributed by atoms with E-state index in [1.54, 1.807) is 0 Å². The number of ketones is 1. The molecule has 0 aromatic heterocycles. The van der Waals surface area contributed by atoms with Gasteiger partial charge in [0.05, 0.1) is 17.5 Å². The van der Waals surface area contributed by atoms with E-state index in [-0.39, 0.29) is 34.7 Å². The number of rotatable bonds is 5. The molecule has 0 radical (unpaired) electrons. The van der Waals surface area contributed by atoms with E-state index in [2.05, 4.69) is 0 Å². The largest absolute Gasteiger partial charge is 0.367 e. The Balaban J connectivity index is 1.39. The van der Waals surface area contributed by atoms with Gasteiger partial charge in [0.15, 0.2) is 5.78 Å². The maximum Gasteiger partial charge on any atom is 0.243 e. The van der Waals surface area contributed by atoms with Crippen molar-refractivity contribution in [3.05, 3.63) is 65.7 Å². The summed E-state index contributed by atoms with van der Waals surface area (Å²) in [5, 5.41) is 0. The van der Waals surface area contributed by atoms with Crippen LogP contribution in [0.15, 0.2) is 59.5 Å². The molecule has 0 spiro atoms. The molecule has 2 aliphatic heterocycles. The van der Waals surface area contributed by atoms with E-state index in [4.69, 9.17) is 4.74 Å². The Bertz CT molecular complexity index is 1090. The van der Waals surface area contributed by atoms with Crippen molar-refractivity contribution in [2.75, 3.05) is 26.2 Å². The molecule has 7 nitrogen and oxygen atoms in total.